The van der Waals surface area contributed by atoms with Gasteiger partial charge in [0.15, 0.2) is 0 Å². The van der Waals surface area contributed by atoms with E-state index in [1.165, 1.54) is 5.56 Å². The average molecular weight is 349 g/mol. The van der Waals surface area contributed by atoms with E-state index in [9.17, 15) is 9.59 Å². The average Bonchev–Trinajstić information content (AvgIpc) is 3.10. The lowest BCUT2D eigenvalue weighted by molar-refractivity contribution is -0.132. The van der Waals surface area contributed by atoms with Gasteiger partial charge in [-0.25, -0.2) is 0 Å². The van der Waals surface area contributed by atoms with E-state index in [4.69, 9.17) is 11.6 Å². The zero-order valence-corrected chi connectivity index (χ0v) is 15.3. The Balaban J connectivity index is 1.61. The molecular weight excluding hydrogens is 324 g/mol. The van der Waals surface area contributed by atoms with Crippen molar-refractivity contribution in [2.24, 2.45) is 5.92 Å². The smallest absolute Gasteiger partial charge is 0.225 e. The van der Waals surface area contributed by atoms with Crippen molar-refractivity contribution in [3.63, 3.8) is 0 Å². The number of halogens is 1. The van der Waals surface area contributed by atoms with E-state index in [-0.39, 0.29) is 28.8 Å². The topological polar surface area (TPSA) is 49.4 Å². The Morgan fingerprint density at radius 3 is 2.42 bits per heavy atom. The number of carbonyl (C=O) groups excluding carboxylic acids is 2. The number of nitrogens with zero attached hydrogens (tertiary/aromatic N) is 1. The summed E-state index contributed by atoms with van der Waals surface area (Å²) in [6, 6.07) is 7.78. The Labute approximate surface area is 148 Å². The van der Waals surface area contributed by atoms with Crippen molar-refractivity contribution in [3.8, 4) is 0 Å². The first-order valence-corrected chi connectivity index (χ1v) is 8.93. The van der Waals surface area contributed by atoms with E-state index in [0.29, 0.717) is 13.0 Å². The summed E-state index contributed by atoms with van der Waals surface area (Å²) in [5.41, 5.74) is 0.812. The molecule has 1 heterocycles. The number of likely N-dealkylation sites (tertiary alicyclic amines) is 1. The molecule has 0 unspecified atom stereocenters. The molecule has 130 valence electrons. The third kappa shape index (κ3) is 3.75. The third-order valence-corrected chi connectivity index (χ3v) is 5.26. The zero-order valence-electron chi connectivity index (χ0n) is 14.6. The van der Waals surface area contributed by atoms with Gasteiger partial charge < -0.3 is 10.2 Å². The van der Waals surface area contributed by atoms with Crippen molar-refractivity contribution < 1.29 is 9.59 Å². The Kier molecular flexibility index (Phi) is 4.37. The number of hydrogen-bond acceptors (Lipinski definition) is 2. The lowest BCUT2D eigenvalue weighted by Gasteiger charge is -2.32. The Morgan fingerprint density at radius 1 is 1.29 bits per heavy atom. The summed E-state index contributed by atoms with van der Waals surface area (Å²) in [4.78, 5) is 26.6. The van der Waals surface area contributed by atoms with E-state index >= 15 is 0 Å². The SMILES string of the molecule is CC(C)(C)N1C[C@H](C(=O)NC2(Cc3ccc(Cl)cc3)CC2)CC1=O. The molecule has 1 saturated carbocycles. The van der Waals surface area contributed by atoms with Crippen LogP contribution in [0.3, 0.4) is 0 Å². The molecule has 3 rings (SSSR count). The van der Waals surface area contributed by atoms with Gasteiger partial charge in [0.05, 0.1) is 5.92 Å². The molecule has 1 atom stereocenters. The van der Waals surface area contributed by atoms with Crippen LogP contribution in [0.15, 0.2) is 24.3 Å². The van der Waals surface area contributed by atoms with Crippen molar-refractivity contribution in [2.45, 2.75) is 57.5 Å². The molecular formula is C19H25ClN2O2. The van der Waals surface area contributed by atoms with E-state index in [1.807, 2.05) is 49.9 Å². The van der Waals surface area contributed by atoms with Gasteiger partial charge in [0.25, 0.3) is 0 Å². The lowest BCUT2D eigenvalue weighted by atomic mass is 10.0. The Hall–Kier alpha value is -1.55. The molecule has 0 bridgehead atoms. The quantitative estimate of drug-likeness (QED) is 0.908. The van der Waals surface area contributed by atoms with Gasteiger partial charge in [-0.3, -0.25) is 9.59 Å². The van der Waals surface area contributed by atoms with Crippen LogP contribution in [0.4, 0.5) is 0 Å². The number of benzene rings is 1. The second-order valence-corrected chi connectivity index (χ2v) is 8.59. The molecule has 1 aliphatic carbocycles. The van der Waals surface area contributed by atoms with Gasteiger partial charge in [0, 0.05) is 29.1 Å². The zero-order chi connectivity index (χ0) is 17.5. The van der Waals surface area contributed by atoms with Crippen LogP contribution >= 0.6 is 11.6 Å². The van der Waals surface area contributed by atoms with Crippen LogP contribution in [0.5, 0.6) is 0 Å². The number of amides is 2. The van der Waals surface area contributed by atoms with E-state index in [1.54, 1.807) is 0 Å². The summed E-state index contributed by atoms with van der Waals surface area (Å²) in [6.45, 7) is 6.54. The summed E-state index contributed by atoms with van der Waals surface area (Å²) in [6.07, 6.45) is 3.12. The first-order valence-electron chi connectivity index (χ1n) is 8.55. The maximum Gasteiger partial charge on any atom is 0.225 e. The van der Waals surface area contributed by atoms with Crippen LogP contribution in [0.2, 0.25) is 5.02 Å². The summed E-state index contributed by atoms with van der Waals surface area (Å²) in [7, 11) is 0. The van der Waals surface area contributed by atoms with Crippen LogP contribution < -0.4 is 5.32 Å². The van der Waals surface area contributed by atoms with Crippen molar-refractivity contribution >= 4 is 23.4 Å². The van der Waals surface area contributed by atoms with Gasteiger partial charge in [0.1, 0.15) is 0 Å². The molecule has 24 heavy (non-hydrogen) atoms. The predicted molar refractivity (Wildman–Crippen MR) is 94.8 cm³/mol. The Bertz CT molecular complexity index is 644. The van der Waals surface area contributed by atoms with Gasteiger partial charge in [-0.15, -0.1) is 0 Å². The minimum Gasteiger partial charge on any atom is -0.350 e. The molecule has 1 N–H and O–H groups in total. The lowest BCUT2D eigenvalue weighted by Crippen LogP contribution is -2.45. The number of carbonyl (C=O) groups is 2. The van der Waals surface area contributed by atoms with Gasteiger partial charge in [0.2, 0.25) is 11.8 Å². The maximum atomic E-state index is 12.7. The third-order valence-electron chi connectivity index (χ3n) is 5.00. The highest BCUT2D eigenvalue weighted by atomic mass is 35.5. The fraction of sp³-hybridized carbons (Fsp3) is 0.579. The fourth-order valence-corrected chi connectivity index (χ4v) is 3.51. The molecule has 1 aromatic rings. The van der Waals surface area contributed by atoms with E-state index in [0.717, 1.165) is 24.3 Å². The van der Waals surface area contributed by atoms with Gasteiger partial charge in [-0.1, -0.05) is 23.7 Å². The Morgan fingerprint density at radius 2 is 1.92 bits per heavy atom. The molecule has 2 aliphatic rings. The maximum absolute atomic E-state index is 12.7. The highest BCUT2D eigenvalue weighted by molar-refractivity contribution is 6.30. The summed E-state index contributed by atoms with van der Waals surface area (Å²) < 4.78 is 0. The second-order valence-electron chi connectivity index (χ2n) is 8.15. The summed E-state index contributed by atoms with van der Waals surface area (Å²) in [5, 5.41) is 3.94. The van der Waals surface area contributed by atoms with Crippen LogP contribution in [0.25, 0.3) is 0 Å². The van der Waals surface area contributed by atoms with E-state index < -0.39 is 0 Å². The summed E-state index contributed by atoms with van der Waals surface area (Å²) in [5.74, 6) is -0.147. The minimum atomic E-state index is -0.237. The molecule has 0 spiro atoms. The molecule has 5 heteroatoms. The standard InChI is InChI=1S/C19H25ClN2O2/c1-18(2,3)22-12-14(10-16(22)23)17(24)21-19(8-9-19)11-13-4-6-15(20)7-5-13/h4-7,14H,8-12H2,1-3H3,(H,21,24)/t14-/m1/s1. The van der Waals surface area contributed by atoms with Crippen molar-refractivity contribution in [1.82, 2.24) is 10.2 Å². The molecule has 4 nitrogen and oxygen atoms in total. The molecule has 2 amide bonds. The van der Waals surface area contributed by atoms with Gasteiger partial charge in [-0.2, -0.15) is 0 Å². The van der Waals surface area contributed by atoms with Gasteiger partial charge >= 0.3 is 0 Å². The van der Waals surface area contributed by atoms with Gasteiger partial charge in [-0.05, 0) is 57.7 Å². The molecule has 2 fully saturated rings. The normalized spacial score (nSPS) is 22.6. The van der Waals surface area contributed by atoms with Crippen LogP contribution in [-0.2, 0) is 16.0 Å². The van der Waals surface area contributed by atoms with E-state index in [2.05, 4.69) is 5.32 Å². The number of hydrogen-bond donors (Lipinski definition) is 1. The predicted octanol–water partition coefficient (Wildman–Crippen LogP) is 3.18. The number of nitrogens with one attached hydrogen (secondary N) is 1. The van der Waals surface area contributed by atoms with Crippen LogP contribution in [-0.4, -0.2) is 34.3 Å². The van der Waals surface area contributed by atoms with Crippen LogP contribution in [0.1, 0.15) is 45.6 Å². The van der Waals surface area contributed by atoms with Crippen molar-refractivity contribution in [1.29, 1.82) is 0 Å². The summed E-state index contributed by atoms with van der Waals surface area (Å²) >= 11 is 5.93. The monoisotopic (exact) mass is 348 g/mol. The molecule has 0 radical (unpaired) electrons. The highest BCUT2D eigenvalue weighted by Gasteiger charge is 2.47. The largest absolute Gasteiger partial charge is 0.350 e. The van der Waals surface area contributed by atoms with Crippen molar-refractivity contribution in [3.05, 3.63) is 34.9 Å². The van der Waals surface area contributed by atoms with Crippen LogP contribution in [0, 0.1) is 5.92 Å². The molecule has 1 aromatic carbocycles. The van der Waals surface area contributed by atoms with Crippen molar-refractivity contribution in [2.75, 3.05) is 6.54 Å². The number of rotatable bonds is 4. The highest BCUT2D eigenvalue weighted by Crippen LogP contribution is 2.39. The molecule has 0 aromatic heterocycles. The molecule has 1 aliphatic heterocycles. The molecule has 1 saturated heterocycles. The first kappa shape index (κ1) is 17.3. The fourth-order valence-electron chi connectivity index (χ4n) is 3.38. The first-order chi connectivity index (χ1) is 11.2. The second kappa shape index (κ2) is 6.07. The minimum absolute atomic E-state index is 0.0153.